The summed E-state index contributed by atoms with van der Waals surface area (Å²) < 4.78 is 0. The number of carbonyl (C=O) groups excluding carboxylic acids is 3. The van der Waals surface area contributed by atoms with Gasteiger partial charge >= 0.3 is 0 Å². The third-order valence-corrected chi connectivity index (χ3v) is 15.8. The van der Waals surface area contributed by atoms with E-state index >= 15 is 0 Å². The van der Waals surface area contributed by atoms with Gasteiger partial charge in [0.05, 0.1) is 28.3 Å². The zero-order chi connectivity index (χ0) is 74.4. The molecule has 0 bridgehead atoms. The zero-order valence-corrected chi connectivity index (χ0v) is 73.7. The van der Waals surface area contributed by atoms with E-state index in [1.807, 2.05) is 152 Å². The molecule has 0 amide bonds. The first-order valence-corrected chi connectivity index (χ1v) is 33.7. The second-order valence-corrected chi connectivity index (χ2v) is 24.6. The average molecular weight is 2330 g/mol. The van der Waals surface area contributed by atoms with Crippen LogP contribution in [0.4, 0.5) is 0 Å². The van der Waals surface area contributed by atoms with E-state index in [2.05, 4.69) is 198 Å². The molecule has 109 heavy (non-hydrogen) atoms. The van der Waals surface area contributed by atoms with E-state index in [1.165, 1.54) is 115 Å². The molecule has 0 atom stereocenters. The predicted octanol–water partition coefficient (Wildman–Crippen LogP) is 22.2. The Morgan fingerprint density at radius 1 is 0.349 bits per heavy atom. The number of fused-ring (bicyclic) bond motifs is 6. The molecule has 0 fully saturated rings. The SMILES string of the molecule is CC(=O)C=C(C)O.CC(=O)C=C(C)O.CC(=O)C=C(C)O.CC1(C)c2ccccc2-c2c[c-]c(-c3nccc4ccccc34)cc21.Cc1cccc2nc(-c3[c-]cccc3)ccc12.Cc1cccc2nc(-c3[c-]cccc3)ccc12.[Ir].[Ir].[Ir].[Ir].[Ir].[c-]1ccccc1-c1ccccn1.[c-]1ccccc1-c1ccccn1. The summed E-state index contributed by atoms with van der Waals surface area (Å²) in [5, 5.41) is 29.9. The number of aliphatic hydroxyl groups excluding tert-OH is 3. The molecule has 15 rings (SSSR count). The van der Waals surface area contributed by atoms with Crippen LogP contribution in [0.25, 0.3) is 100.0 Å². The molecule has 0 unspecified atom stereocenters. The largest absolute Gasteiger partial charge is 0.512 e. The smallest absolute Gasteiger partial charge is 0.155 e. The van der Waals surface area contributed by atoms with Crippen molar-refractivity contribution >= 4 is 49.9 Å². The molecule has 11 nitrogen and oxygen atoms in total. The summed E-state index contributed by atoms with van der Waals surface area (Å²) in [5.41, 5.74) is 20.1. The first-order valence-electron chi connectivity index (χ1n) is 33.7. The maximum Gasteiger partial charge on any atom is 0.155 e. The molecular weight excluding hydrogens is 2240 g/mol. The molecule has 3 N–H and O–H groups in total. The summed E-state index contributed by atoms with van der Waals surface area (Å²) in [4.78, 5) is 52.5. The van der Waals surface area contributed by atoms with Crippen molar-refractivity contribution in [2.24, 2.45) is 0 Å². The third-order valence-electron chi connectivity index (χ3n) is 15.8. The fraction of sp³-hybridized carbons (Fsp3) is 0.118. The van der Waals surface area contributed by atoms with E-state index in [0.717, 1.165) is 67.3 Å². The first-order chi connectivity index (χ1) is 50.2. The van der Waals surface area contributed by atoms with Crippen molar-refractivity contribution in [3.8, 4) is 67.4 Å². The monoisotopic (exact) mass is 2330 g/mol. The minimum atomic E-state index is -0.125. The fourth-order valence-corrected chi connectivity index (χ4v) is 11.2. The quantitative estimate of drug-likeness (QED) is 0.0750. The van der Waals surface area contributed by atoms with Crippen molar-refractivity contribution in [1.82, 2.24) is 24.9 Å². The number of pyridine rings is 5. The molecule has 5 heterocycles. The summed E-state index contributed by atoms with van der Waals surface area (Å²) in [5.74, 6) is -0.187. The second kappa shape index (κ2) is 48.0. The van der Waals surface area contributed by atoms with Crippen LogP contribution in [0.1, 0.15) is 77.6 Å². The van der Waals surface area contributed by atoms with Crippen LogP contribution in [0.2, 0.25) is 0 Å². The predicted molar refractivity (Wildman–Crippen MR) is 423 cm³/mol. The molecule has 0 aliphatic heterocycles. The van der Waals surface area contributed by atoms with Crippen LogP contribution >= 0.6 is 0 Å². The van der Waals surface area contributed by atoms with Crippen LogP contribution in [0.15, 0.2) is 315 Å². The summed E-state index contributed by atoms with van der Waals surface area (Å²) in [6.07, 6.45) is 8.96. The van der Waals surface area contributed by atoms with Crippen molar-refractivity contribution < 1.29 is 130 Å². The summed E-state index contributed by atoms with van der Waals surface area (Å²) in [6, 6.07) is 104. The fourth-order valence-electron chi connectivity index (χ4n) is 11.2. The van der Waals surface area contributed by atoms with E-state index in [9.17, 15) is 14.4 Å². The average Bonchev–Trinajstić information content (AvgIpc) is 1.58. The van der Waals surface area contributed by atoms with Gasteiger partial charge in [0.1, 0.15) is 0 Å². The number of benzene rings is 9. The Morgan fingerprint density at radius 3 is 1.13 bits per heavy atom. The summed E-state index contributed by atoms with van der Waals surface area (Å²) >= 11 is 0. The standard InChI is InChI=1S/C24H18N.2C16H12N.2C11H8N.3C5H8O2.5Ir/c1-24(2)21-10-6-5-9-19(21)20-12-11-17(15-22(20)24)23-18-8-4-3-7-16(18)13-14-25-23;2*1-12-6-5-9-16-14(12)10-11-15(17-16)13-7-3-2-4-8-13;2*1-2-6-10(7-3-1)11-8-4-5-9-12-11;3*1-4(6)3-5(2)7;;;;;/h3-10,12-15H,1-2H3;2*2-7,9-11H,1H3;2*1-6,8-9H;3*3,6H,1-2H3;;;;;/q5*-1;;;;;;;;. The number of carbonyl (C=O) groups is 3. The molecule has 5 radical (unpaired) electrons. The van der Waals surface area contributed by atoms with E-state index in [4.69, 9.17) is 15.3 Å². The molecule has 9 aromatic carbocycles. The van der Waals surface area contributed by atoms with Crippen molar-refractivity contribution in [3.05, 3.63) is 368 Å². The minimum Gasteiger partial charge on any atom is -0.512 e. The number of rotatable bonds is 8. The molecule has 5 aromatic heterocycles. The Morgan fingerprint density at radius 2 is 0.743 bits per heavy atom. The number of ketones is 3. The van der Waals surface area contributed by atoms with Gasteiger partial charge in [-0.05, 0) is 147 Å². The van der Waals surface area contributed by atoms with E-state index < -0.39 is 0 Å². The maximum absolute atomic E-state index is 10.0. The van der Waals surface area contributed by atoms with Crippen molar-refractivity contribution in [3.63, 3.8) is 0 Å². The normalized spacial score (nSPS) is 10.9. The minimum absolute atomic E-state index is 0. The third kappa shape index (κ3) is 29.0. The molecule has 565 valence electrons. The van der Waals surface area contributed by atoms with Crippen LogP contribution < -0.4 is 0 Å². The number of aryl methyl sites for hydroxylation is 2. The van der Waals surface area contributed by atoms with Crippen molar-refractivity contribution in [2.45, 2.75) is 74.7 Å². The van der Waals surface area contributed by atoms with Crippen molar-refractivity contribution in [1.29, 1.82) is 0 Å². The Bertz CT molecular complexity index is 4890. The molecule has 14 aromatic rings. The van der Waals surface area contributed by atoms with Crippen LogP contribution in [0.5, 0.6) is 0 Å². The van der Waals surface area contributed by atoms with Crippen LogP contribution in [0, 0.1) is 44.2 Å². The number of hydrogen-bond acceptors (Lipinski definition) is 11. The van der Waals surface area contributed by atoms with Crippen LogP contribution in [-0.2, 0) is 120 Å². The van der Waals surface area contributed by atoms with Gasteiger partial charge in [-0.25, -0.2) is 0 Å². The van der Waals surface area contributed by atoms with Gasteiger partial charge in [0.2, 0.25) is 0 Å². The molecule has 1 aliphatic rings. The molecular formula is C93H82Ir5N5O6-5. The van der Waals surface area contributed by atoms with Crippen LogP contribution in [-0.4, -0.2) is 57.6 Å². The van der Waals surface area contributed by atoms with E-state index in [0.29, 0.717) is 0 Å². The molecule has 0 saturated heterocycles. The molecule has 1 aliphatic carbocycles. The Balaban J connectivity index is 0.000000334. The summed E-state index contributed by atoms with van der Waals surface area (Å²) in [7, 11) is 0. The Hall–Kier alpha value is -9.61. The summed E-state index contributed by atoms with van der Waals surface area (Å²) in [6.45, 7) is 17.4. The van der Waals surface area contributed by atoms with E-state index in [-0.39, 0.29) is 141 Å². The first kappa shape index (κ1) is 93.6. The molecule has 0 spiro atoms. The van der Waals surface area contributed by atoms with Gasteiger partial charge in [-0.2, -0.15) is 0 Å². The van der Waals surface area contributed by atoms with E-state index in [1.54, 1.807) is 12.4 Å². The number of hydrogen-bond donors (Lipinski definition) is 3. The zero-order valence-electron chi connectivity index (χ0n) is 61.8. The molecule has 16 heteroatoms. The number of nitrogens with zero attached hydrogens (tertiary/aromatic N) is 5. The van der Waals surface area contributed by atoms with Gasteiger partial charge in [-0.3, -0.25) is 24.4 Å². The van der Waals surface area contributed by atoms with Crippen molar-refractivity contribution in [2.75, 3.05) is 0 Å². The van der Waals surface area contributed by atoms with Gasteiger partial charge in [-0.1, -0.05) is 146 Å². The number of aliphatic hydroxyl groups is 3. The maximum atomic E-state index is 10.0. The second-order valence-electron chi connectivity index (χ2n) is 24.6. The molecule has 0 saturated carbocycles. The topological polar surface area (TPSA) is 176 Å². The van der Waals surface area contributed by atoms with Crippen LogP contribution in [0.3, 0.4) is 0 Å². The van der Waals surface area contributed by atoms with Gasteiger partial charge in [-0.15, -0.1) is 173 Å². The number of aromatic nitrogens is 5. The van der Waals surface area contributed by atoms with Gasteiger partial charge in [0, 0.05) is 148 Å². The van der Waals surface area contributed by atoms with Gasteiger partial charge < -0.3 is 30.3 Å². The van der Waals surface area contributed by atoms with Gasteiger partial charge in [0.25, 0.3) is 0 Å². The number of allylic oxidation sites excluding steroid dienone is 6. The Labute approximate surface area is 708 Å². The van der Waals surface area contributed by atoms with Gasteiger partial charge in [0.15, 0.2) is 17.3 Å². The Kier molecular flexibility index (Phi) is 41.2.